The van der Waals surface area contributed by atoms with E-state index in [1.807, 2.05) is 13.8 Å². The molecule has 0 fully saturated rings. The van der Waals surface area contributed by atoms with Crippen LogP contribution in [0.25, 0.3) is 11.0 Å². The van der Waals surface area contributed by atoms with E-state index in [1.165, 1.54) is 6.20 Å². The molecular weight excluding hydrogens is 230 g/mol. The highest BCUT2D eigenvalue weighted by Crippen LogP contribution is 2.24. The largest absolute Gasteiger partial charge is 0.475 e. The average molecular weight is 240 g/mol. The quantitative estimate of drug-likeness (QED) is 0.817. The van der Waals surface area contributed by atoms with Crippen molar-refractivity contribution >= 4 is 28.6 Å². The third-order valence-corrected chi connectivity index (χ3v) is 2.55. The standard InChI is InChI=1S/C10H10ClN3O2/c1-5(2)14-6-3-4-12-8(11)7(6)13-9(14)10(15)16/h3-5H,1-2H3,(H,15,16). The number of aromatic carboxylic acids is 1. The molecule has 6 heteroatoms. The number of aromatic nitrogens is 3. The molecule has 5 nitrogen and oxygen atoms in total. The summed E-state index contributed by atoms with van der Waals surface area (Å²) in [6.45, 7) is 3.78. The van der Waals surface area contributed by atoms with Crippen LogP contribution in [-0.4, -0.2) is 25.6 Å². The van der Waals surface area contributed by atoms with Crippen LogP contribution >= 0.6 is 11.6 Å². The second-order valence-electron chi connectivity index (χ2n) is 3.67. The third kappa shape index (κ3) is 1.53. The van der Waals surface area contributed by atoms with Gasteiger partial charge in [0.25, 0.3) is 0 Å². The summed E-state index contributed by atoms with van der Waals surface area (Å²) in [5.41, 5.74) is 1.11. The molecule has 2 aromatic rings. The van der Waals surface area contributed by atoms with Crippen LogP contribution in [0, 0.1) is 0 Å². The third-order valence-electron chi connectivity index (χ3n) is 2.27. The van der Waals surface area contributed by atoms with E-state index in [9.17, 15) is 4.79 Å². The van der Waals surface area contributed by atoms with E-state index in [-0.39, 0.29) is 17.0 Å². The number of imidazole rings is 1. The summed E-state index contributed by atoms with van der Waals surface area (Å²) in [6.07, 6.45) is 1.54. The van der Waals surface area contributed by atoms with Crippen LogP contribution in [0.4, 0.5) is 0 Å². The lowest BCUT2D eigenvalue weighted by Crippen LogP contribution is -2.11. The summed E-state index contributed by atoms with van der Waals surface area (Å²) in [5.74, 6) is -1.08. The van der Waals surface area contributed by atoms with Gasteiger partial charge in [-0.05, 0) is 19.9 Å². The molecule has 0 amide bonds. The van der Waals surface area contributed by atoms with Crippen LogP contribution in [0.1, 0.15) is 30.5 Å². The molecule has 2 heterocycles. The second kappa shape index (κ2) is 3.75. The Labute approximate surface area is 96.7 Å². The van der Waals surface area contributed by atoms with E-state index < -0.39 is 5.97 Å². The fourth-order valence-corrected chi connectivity index (χ4v) is 1.86. The van der Waals surface area contributed by atoms with Crippen LogP contribution in [0.2, 0.25) is 5.15 Å². The minimum absolute atomic E-state index is 0.00503. The number of nitrogens with zero attached hydrogens (tertiary/aromatic N) is 3. The summed E-state index contributed by atoms with van der Waals surface area (Å²) in [4.78, 5) is 18.9. The maximum absolute atomic E-state index is 11.1. The Balaban J connectivity index is 2.86. The summed E-state index contributed by atoms with van der Waals surface area (Å²) in [5, 5.41) is 9.28. The van der Waals surface area contributed by atoms with Crippen LogP contribution in [0.5, 0.6) is 0 Å². The SMILES string of the molecule is CC(C)n1c(C(=O)O)nc2c(Cl)nccc21. The van der Waals surface area contributed by atoms with Gasteiger partial charge in [-0.25, -0.2) is 14.8 Å². The number of pyridine rings is 1. The Morgan fingerprint density at radius 2 is 2.25 bits per heavy atom. The molecule has 16 heavy (non-hydrogen) atoms. The molecule has 1 N–H and O–H groups in total. The first kappa shape index (κ1) is 10.9. The minimum atomic E-state index is -1.07. The van der Waals surface area contributed by atoms with Gasteiger partial charge in [0.05, 0.1) is 5.52 Å². The van der Waals surface area contributed by atoms with Crippen molar-refractivity contribution in [2.24, 2.45) is 0 Å². The number of hydrogen-bond donors (Lipinski definition) is 1. The Bertz CT molecular complexity index is 562. The fraction of sp³-hybridized carbons (Fsp3) is 0.300. The number of rotatable bonds is 2. The Morgan fingerprint density at radius 1 is 1.56 bits per heavy atom. The maximum Gasteiger partial charge on any atom is 0.372 e. The van der Waals surface area contributed by atoms with E-state index in [4.69, 9.17) is 16.7 Å². The first-order chi connectivity index (χ1) is 7.52. The monoisotopic (exact) mass is 239 g/mol. The number of carbonyl (C=O) groups is 1. The summed E-state index contributed by atoms with van der Waals surface area (Å²) >= 11 is 5.87. The molecule has 2 rings (SSSR count). The first-order valence-corrected chi connectivity index (χ1v) is 5.16. The van der Waals surface area contributed by atoms with Crippen LogP contribution in [0.3, 0.4) is 0 Å². The van der Waals surface area contributed by atoms with Gasteiger partial charge in [0, 0.05) is 12.2 Å². The zero-order valence-electron chi connectivity index (χ0n) is 8.81. The number of hydrogen-bond acceptors (Lipinski definition) is 3. The van der Waals surface area contributed by atoms with Gasteiger partial charge >= 0.3 is 5.97 Å². The molecule has 0 saturated carbocycles. The zero-order valence-corrected chi connectivity index (χ0v) is 9.56. The molecule has 84 valence electrons. The first-order valence-electron chi connectivity index (χ1n) is 4.78. The molecule has 0 spiro atoms. The number of fused-ring (bicyclic) bond motifs is 1. The highest BCUT2D eigenvalue weighted by molar-refractivity contribution is 6.33. The van der Waals surface area contributed by atoms with E-state index in [1.54, 1.807) is 10.6 Å². The van der Waals surface area contributed by atoms with Gasteiger partial charge in [-0.15, -0.1) is 0 Å². The molecule has 0 radical (unpaired) electrons. The van der Waals surface area contributed by atoms with Crippen LogP contribution in [-0.2, 0) is 0 Å². The Hall–Kier alpha value is -1.62. The molecule has 0 saturated heterocycles. The topological polar surface area (TPSA) is 68.0 Å². The van der Waals surface area contributed by atoms with Gasteiger partial charge in [0.1, 0.15) is 5.52 Å². The van der Waals surface area contributed by atoms with E-state index in [2.05, 4.69) is 9.97 Å². The van der Waals surface area contributed by atoms with Crippen molar-refractivity contribution in [3.63, 3.8) is 0 Å². The van der Waals surface area contributed by atoms with Gasteiger partial charge in [-0.3, -0.25) is 0 Å². The van der Waals surface area contributed by atoms with Crippen molar-refractivity contribution in [3.8, 4) is 0 Å². The van der Waals surface area contributed by atoms with Crippen LogP contribution < -0.4 is 0 Å². The Morgan fingerprint density at radius 3 is 2.81 bits per heavy atom. The van der Waals surface area contributed by atoms with Crippen molar-refractivity contribution < 1.29 is 9.90 Å². The van der Waals surface area contributed by atoms with Crippen molar-refractivity contribution in [1.29, 1.82) is 0 Å². The smallest absolute Gasteiger partial charge is 0.372 e. The molecule has 0 unspecified atom stereocenters. The number of halogens is 1. The van der Waals surface area contributed by atoms with Gasteiger partial charge in [-0.1, -0.05) is 11.6 Å². The summed E-state index contributed by atoms with van der Waals surface area (Å²) in [7, 11) is 0. The molecule has 0 aliphatic rings. The average Bonchev–Trinajstić information content (AvgIpc) is 2.58. The fourth-order valence-electron chi connectivity index (χ4n) is 1.66. The van der Waals surface area contributed by atoms with Gasteiger partial charge < -0.3 is 9.67 Å². The predicted molar refractivity (Wildman–Crippen MR) is 59.9 cm³/mol. The zero-order chi connectivity index (χ0) is 11.9. The number of carboxylic acid groups (broad SMARTS) is 1. The Kier molecular flexibility index (Phi) is 2.55. The molecule has 0 bridgehead atoms. The molecule has 0 atom stereocenters. The molecule has 0 aliphatic carbocycles. The second-order valence-corrected chi connectivity index (χ2v) is 4.03. The maximum atomic E-state index is 11.1. The highest BCUT2D eigenvalue weighted by atomic mass is 35.5. The van der Waals surface area contributed by atoms with Crippen molar-refractivity contribution in [1.82, 2.24) is 14.5 Å². The molecule has 0 aromatic carbocycles. The minimum Gasteiger partial charge on any atom is -0.475 e. The van der Waals surface area contributed by atoms with E-state index >= 15 is 0 Å². The molecule has 0 aliphatic heterocycles. The lowest BCUT2D eigenvalue weighted by atomic mass is 10.3. The van der Waals surface area contributed by atoms with Crippen LogP contribution in [0.15, 0.2) is 12.3 Å². The highest BCUT2D eigenvalue weighted by Gasteiger charge is 2.20. The summed E-state index contributed by atoms with van der Waals surface area (Å²) < 4.78 is 1.63. The molecular formula is C10H10ClN3O2. The van der Waals surface area contributed by atoms with Gasteiger partial charge in [-0.2, -0.15) is 0 Å². The van der Waals surface area contributed by atoms with Crippen molar-refractivity contribution in [3.05, 3.63) is 23.2 Å². The number of carboxylic acids is 1. The molecule has 2 aromatic heterocycles. The van der Waals surface area contributed by atoms with Crippen molar-refractivity contribution in [2.45, 2.75) is 19.9 Å². The normalized spacial score (nSPS) is 11.2. The summed E-state index contributed by atoms with van der Waals surface area (Å²) in [6, 6.07) is 1.70. The van der Waals surface area contributed by atoms with Crippen molar-refractivity contribution in [2.75, 3.05) is 0 Å². The predicted octanol–water partition coefficient (Wildman–Crippen LogP) is 2.36. The lowest BCUT2D eigenvalue weighted by molar-refractivity contribution is 0.0677. The van der Waals surface area contributed by atoms with Gasteiger partial charge in [0.15, 0.2) is 5.15 Å². The van der Waals surface area contributed by atoms with E-state index in [0.29, 0.717) is 11.0 Å². The lowest BCUT2D eigenvalue weighted by Gasteiger charge is -2.10. The van der Waals surface area contributed by atoms with Gasteiger partial charge in [0.2, 0.25) is 5.82 Å². The van der Waals surface area contributed by atoms with E-state index in [0.717, 1.165) is 0 Å².